The average Bonchev–Trinajstić information content (AvgIpc) is 3.04. The molecule has 0 bridgehead atoms. The molecule has 0 fully saturated rings. The van der Waals surface area contributed by atoms with E-state index in [1.807, 2.05) is 31.2 Å². The van der Waals surface area contributed by atoms with E-state index in [0.717, 1.165) is 11.1 Å². The zero-order chi connectivity index (χ0) is 22.1. The number of ether oxygens (including phenoxy) is 1. The summed E-state index contributed by atoms with van der Waals surface area (Å²) < 4.78 is 21.3. The lowest BCUT2D eigenvalue weighted by Crippen LogP contribution is -2.39. The topological polar surface area (TPSA) is 60.7 Å². The number of halogens is 1. The minimum atomic E-state index is -0.668. The lowest BCUT2D eigenvalue weighted by atomic mass is 9.95. The number of nitrogens with zero attached hydrogens (tertiary/aromatic N) is 2. The Morgan fingerprint density at radius 1 is 1.19 bits per heavy atom. The molecule has 1 aliphatic rings. The normalized spacial score (nSPS) is 16.1. The summed E-state index contributed by atoms with van der Waals surface area (Å²) >= 11 is 1.17. The number of hydrogen-bond donors (Lipinski definition) is 0. The van der Waals surface area contributed by atoms with E-state index in [9.17, 15) is 14.0 Å². The molecular formula is C24H21FN2O3S. The number of esters is 1. The van der Waals surface area contributed by atoms with Gasteiger partial charge < -0.3 is 4.74 Å². The van der Waals surface area contributed by atoms with Crippen LogP contribution in [0.25, 0.3) is 6.08 Å². The lowest BCUT2D eigenvalue weighted by molar-refractivity contribution is -0.139. The fraction of sp³-hybridized carbons (Fsp3) is 0.208. The highest BCUT2D eigenvalue weighted by Gasteiger charge is 2.33. The van der Waals surface area contributed by atoms with Gasteiger partial charge in [0, 0.05) is 5.56 Å². The van der Waals surface area contributed by atoms with Crippen molar-refractivity contribution < 1.29 is 13.9 Å². The smallest absolute Gasteiger partial charge is 0.338 e. The van der Waals surface area contributed by atoms with Crippen LogP contribution in [0.2, 0.25) is 0 Å². The van der Waals surface area contributed by atoms with Crippen LogP contribution in [0.5, 0.6) is 0 Å². The minimum absolute atomic E-state index is 0.216. The van der Waals surface area contributed by atoms with Crippen LogP contribution in [0.3, 0.4) is 0 Å². The second kappa shape index (κ2) is 8.43. The van der Waals surface area contributed by atoms with Gasteiger partial charge in [0.25, 0.3) is 5.56 Å². The summed E-state index contributed by atoms with van der Waals surface area (Å²) in [5.41, 5.74) is 2.67. The SMILES string of the molecule is CCOC(=O)C1=C(C)N=c2s/c(=C\c3ccccc3F)c(=O)n2[C@@H]1c1ccc(C)cc1. The van der Waals surface area contributed by atoms with E-state index in [4.69, 9.17) is 4.74 Å². The lowest BCUT2D eigenvalue weighted by Gasteiger charge is -2.24. The van der Waals surface area contributed by atoms with Crippen LogP contribution in [0.4, 0.5) is 4.39 Å². The van der Waals surface area contributed by atoms with Gasteiger partial charge in [0.1, 0.15) is 5.82 Å². The van der Waals surface area contributed by atoms with Crippen LogP contribution in [-0.4, -0.2) is 17.1 Å². The molecule has 4 rings (SSSR count). The summed E-state index contributed by atoms with van der Waals surface area (Å²) in [7, 11) is 0. The number of carbonyl (C=O) groups excluding carboxylic acids is 1. The van der Waals surface area contributed by atoms with Crippen LogP contribution >= 0.6 is 11.3 Å². The largest absolute Gasteiger partial charge is 0.463 e. The molecule has 0 saturated carbocycles. The third kappa shape index (κ3) is 3.88. The molecule has 5 nitrogen and oxygen atoms in total. The van der Waals surface area contributed by atoms with Crippen molar-refractivity contribution in [1.82, 2.24) is 4.57 Å². The maximum absolute atomic E-state index is 14.2. The number of hydrogen-bond acceptors (Lipinski definition) is 5. The molecule has 0 spiro atoms. The summed E-state index contributed by atoms with van der Waals surface area (Å²) in [6, 6.07) is 13.3. The molecular weight excluding hydrogens is 415 g/mol. The molecule has 2 aromatic carbocycles. The van der Waals surface area contributed by atoms with Crippen molar-refractivity contribution in [2.24, 2.45) is 4.99 Å². The fourth-order valence-corrected chi connectivity index (χ4v) is 4.63. The maximum atomic E-state index is 14.2. The van der Waals surface area contributed by atoms with E-state index in [-0.39, 0.29) is 12.2 Å². The summed E-state index contributed by atoms with van der Waals surface area (Å²) in [4.78, 5) is 31.2. The Bertz CT molecular complexity index is 1370. The van der Waals surface area contributed by atoms with Gasteiger partial charge in [-0.25, -0.2) is 14.2 Å². The second-order valence-electron chi connectivity index (χ2n) is 7.23. The van der Waals surface area contributed by atoms with Gasteiger partial charge in [0.2, 0.25) is 0 Å². The number of aromatic nitrogens is 1. The van der Waals surface area contributed by atoms with Crippen molar-refractivity contribution in [3.63, 3.8) is 0 Å². The Morgan fingerprint density at radius 2 is 1.90 bits per heavy atom. The standard InChI is InChI=1S/C24H21FN2O3S/c1-4-30-23(29)20-15(3)26-24-27(21(20)16-11-9-14(2)10-12-16)22(28)19(31-24)13-17-7-5-6-8-18(17)25/h5-13,21H,4H2,1-3H3/b19-13-/t21-/m1/s1. The van der Waals surface area contributed by atoms with Gasteiger partial charge in [-0.1, -0.05) is 59.4 Å². The highest BCUT2D eigenvalue weighted by Crippen LogP contribution is 2.30. The quantitative estimate of drug-likeness (QED) is 0.590. The number of allylic oxidation sites excluding steroid dienone is 1. The highest BCUT2D eigenvalue weighted by molar-refractivity contribution is 7.07. The molecule has 0 aliphatic carbocycles. The molecule has 158 valence electrons. The van der Waals surface area contributed by atoms with Crippen LogP contribution in [0, 0.1) is 12.7 Å². The van der Waals surface area contributed by atoms with E-state index in [2.05, 4.69) is 4.99 Å². The molecule has 0 saturated heterocycles. The molecule has 1 atom stereocenters. The maximum Gasteiger partial charge on any atom is 0.338 e. The molecule has 0 N–H and O–H groups in total. The Hall–Kier alpha value is -3.32. The number of benzene rings is 2. The first-order valence-electron chi connectivity index (χ1n) is 9.91. The number of fused-ring (bicyclic) bond motifs is 1. The van der Waals surface area contributed by atoms with Crippen molar-refractivity contribution in [3.8, 4) is 0 Å². The zero-order valence-electron chi connectivity index (χ0n) is 17.4. The Morgan fingerprint density at radius 3 is 2.58 bits per heavy atom. The summed E-state index contributed by atoms with van der Waals surface area (Å²) in [6.07, 6.45) is 1.52. The first-order valence-corrected chi connectivity index (χ1v) is 10.7. The van der Waals surface area contributed by atoms with Crippen molar-refractivity contribution in [3.05, 3.63) is 102 Å². The Labute approximate surface area is 182 Å². The van der Waals surface area contributed by atoms with Gasteiger partial charge in [-0.3, -0.25) is 9.36 Å². The number of thiazole rings is 1. The zero-order valence-corrected chi connectivity index (χ0v) is 18.2. The third-order valence-corrected chi connectivity index (χ3v) is 6.08. The van der Waals surface area contributed by atoms with Gasteiger partial charge in [0.15, 0.2) is 4.80 Å². The molecule has 31 heavy (non-hydrogen) atoms. The number of aryl methyl sites for hydroxylation is 1. The molecule has 0 radical (unpaired) electrons. The summed E-state index contributed by atoms with van der Waals surface area (Å²) in [5, 5.41) is 0. The van der Waals surface area contributed by atoms with Gasteiger partial charge in [0.05, 0.1) is 28.5 Å². The van der Waals surface area contributed by atoms with E-state index < -0.39 is 17.8 Å². The number of rotatable bonds is 4. The first-order chi connectivity index (χ1) is 14.9. The minimum Gasteiger partial charge on any atom is -0.463 e. The van der Waals surface area contributed by atoms with Gasteiger partial charge in [-0.05, 0) is 38.5 Å². The molecule has 2 heterocycles. The molecule has 0 amide bonds. The molecule has 1 aliphatic heterocycles. The van der Waals surface area contributed by atoms with Gasteiger partial charge in [-0.2, -0.15) is 0 Å². The molecule has 3 aromatic rings. The summed E-state index contributed by atoms with van der Waals surface area (Å²) in [5.74, 6) is -0.912. The highest BCUT2D eigenvalue weighted by atomic mass is 32.1. The van der Waals surface area contributed by atoms with E-state index in [1.54, 1.807) is 32.0 Å². The van der Waals surface area contributed by atoms with Gasteiger partial charge in [-0.15, -0.1) is 0 Å². The van der Waals surface area contributed by atoms with E-state index >= 15 is 0 Å². The Kier molecular flexibility index (Phi) is 5.69. The van der Waals surface area contributed by atoms with Crippen molar-refractivity contribution in [2.75, 3.05) is 6.61 Å². The molecule has 1 aromatic heterocycles. The predicted octanol–water partition coefficient (Wildman–Crippen LogP) is 3.25. The monoisotopic (exact) mass is 436 g/mol. The van der Waals surface area contributed by atoms with E-state index in [0.29, 0.717) is 26.2 Å². The van der Waals surface area contributed by atoms with Crippen molar-refractivity contribution in [1.29, 1.82) is 0 Å². The van der Waals surface area contributed by atoms with Gasteiger partial charge >= 0.3 is 5.97 Å². The Balaban J connectivity index is 1.97. The van der Waals surface area contributed by atoms with Crippen LogP contribution in [-0.2, 0) is 9.53 Å². The molecule has 7 heteroatoms. The number of carbonyl (C=O) groups is 1. The van der Waals surface area contributed by atoms with Crippen LogP contribution < -0.4 is 14.9 Å². The average molecular weight is 437 g/mol. The van der Waals surface area contributed by atoms with Crippen LogP contribution in [0.15, 0.2) is 69.6 Å². The third-order valence-electron chi connectivity index (χ3n) is 5.10. The fourth-order valence-electron chi connectivity index (χ4n) is 3.59. The predicted molar refractivity (Wildman–Crippen MR) is 118 cm³/mol. The van der Waals surface area contributed by atoms with Crippen LogP contribution in [0.1, 0.15) is 36.6 Å². The summed E-state index contributed by atoms with van der Waals surface area (Å²) in [6.45, 7) is 5.66. The second-order valence-corrected chi connectivity index (χ2v) is 8.24. The molecule has 0 unspecified atom stereocenters. The van der Waals surface area contributed by atoms with Crippen molar-refractivity contribution in [2.45, 2.75) is 26.8 Å². The first kappa shape index (κ1) is 20.9. The van der Waals surface area contributed by atoms with Crippen molar-refractivity contribution >= 4 is 23.4 Å². The van der Waals surface area contributed by atoms with E-state index in [1.165, 1.54) is 28.0 Å².